The van der Waals surface area contributed by atoms with E-state index in [1.54, 1.807) is 24.2 Å². The predicted molar refractivity (Wildman–Crippen MR) is 59.4 cm³/mol. The molecule has 2 heterocycles. The number of piperazine rings is 1. The molecule has 1 aliphatic rings. The molecule has 0 aliphatic carbocycles. The molecule has 0 spiro atoms. The van der Waals surface area contributed by atoms with Gasteiger partial charge >= 0.3 is 0 Å². The van der Waals surface area contributed by atoms with Crippen LogP contribution in [0.4, 0.5) is 0 Å². The molecule has 5 nitrogen and oxygen atoms in total. The Labute approximate surface area is 95.0 Å². The Bertz CT molecular complexity index is 410. The predicted octanol–water partition coefficient (Wildman–Crippen LogP) is 0.174. The monoisotopic (exact) mass is 221 g/mol. The van der Waals surface area contributed by atoms with Crippen LogP contribution < -0.4 is 5.32 Å². The van der Waals surface area contributed by atoms with Gasteiger partial charge in [0.15, 0.2) is 0 Å². The second-order valence-electron chi connectivity index (χ2n) is 3.84. The quantitative estimate of drug-likeness (QED) is 0.774. The minimum absolute atomic E-state index is 0. The summed E-state index contributed by atoms with van der Waals surface area (Å²) in [5, 5.41) is 2.60. The highest BCUT2D eigenvalue weighted by Gasteiger charge is 2.29. The van der Waals surface area contributed by atoms with E-state index in [9.17, 15) is 9.59 Å². The van der Waals surface area contributed by atoms with Crippen LogP contribution in [-0.2, 0) is 16.1 Å². The Morgan fingerprint density at radius 3 is 2.88 bits per heavy atom. The van der Waals surface area contributed by atoms with Gasteiger partial charge in [-0.3, -0.25) is 14.6 Å². The van der Waals surface area contributed by atoms with Crippen molar-refractivity contribution in [2.45, 2.75) is 19.5 Å². The first-order valence-corrected chi connectivity index (χ1v) is 5.14. The number of carbonyl (C=O) groups is 2. The number of nitrogens with one attached hydrogen (secondary N) is 1. The highest BCUT2D eigenvalue weighted by Crippen LogP contribution is 2.08. The molecule has 1 saturated heterocycles. The molecule has 0 aromatic carbocycles. The zero-order valence-corrected chi connectivity index (χ0v) is 9.01. The molecule has 5 heteroatoms. The number of pyridine rings is 1. The van der Waals surface area contributed by atoms with E-state index in [-0.39, 0.29) is 19.8 Å². The topological polar surface area (TPSA) is 62.3 Å². The summed E-state index contributed by atoms with van der Waals surface area (Å²) in [4.78, 5) is 28.5. The van der Waals surface area contributed by atoms with Crippen LogP contribution in [0.25, 0.3) is 0 Å². The van der Waals surface area contributed by atoms with E-state index >= 15 is 0 Å². The molecular weight excluding hydrogens is 206 g/mol. The second-order valence-corrected chi connectivity index (χ2v) is 3.84. The number of amides is 2. The van der Waals surface area contributed by atoms with E-state index in [0.29, 0.717) is 6.54 Å². The molecule has 1 fully saturated rings. The summed E-state index contributed by atoms with van der Waals surface area (Å²) in [6, 6.07) is 3.25. The first-order chi connectivity index (χ1) is 7.66. The van der Waals surface area contributed by atoms with E-state index in [1.165, 1.54) is 0 Å². The van der Waals surface area contributed by atoms with Crippen LogP contribution in [-0.4, -0.2) is 34.3 Å². The largest absolute Gasteiger partial charge is 0.343 e. The van der Waals surface area contributed by atoms with Crippen molar-refractivity contribution in [3.05, 3.63) is 30.1 Å². The smallest absolute Gasteiger partial charge is 0.245 e. The van der Waals surface area contributed by atoms with Crippen molar-refractivity contribution < 1.29 is 11.0 Å². The van der Waals surface area contributed by atoms with Crippen molar-refractivity contribution in [3.8, 4) is 0 Å². The number of aromatic nitrogens is 1. The molecule has 16 heavy (non-hydrogen) atoms. The average molecular weight is 221 g/mol. The number of hydrogen-bond donors (Lipinski definition) is 1. The zero-order valence-electron chi connectivity index (χ0n) is 9.01. The van der Waals surface area contributed by atoms with E-state index in [1.807, 2.05) is 12.1 Å². The van der Waals surface area contributed by atoms with Crippen LogP contribution in [0.3, 0.4) is 0 Å². The van der Waals surface area contributed by atoms with E-state index in [4.69, 9.17) is 0 Å². The molecule has 1 atom stereocenters. The number of rotatable bonds is 2. The summed E-state index contributed by atoms with van der Waals surface area (Å²) in [7, 11) is 0. The van der Waals surface area contributed by atoms with Crippen molar-refractivity contribution in [2.24, 2.45) is 0 Å². The van der Waals surface area contributed by atoms with Gasteiger partial charge < -0.3 is 10.2 Å². The second kappa shape index (κ2) is 4.30. The first-order valence-electron chi connectivity index (χ1n) is 5.14. The van der Waals surface area contributed by atoms with Crippen LogP contribution in [0.1, 0.15) is 13.9 Å². The van der Waals surface area contributed by atoms with Crippen LogP contribution in [0.15, 0.2) is 24.5 Å². The molecule has 2 rings (SSSR count). The SMILES string of the molecule is CC1NC(=O)CN(Cc2ccncc2)C1=O.[HH]. The number of nitrogens with zero attached hydrogens (tertiary/aromatic N) is 2. The summed E-state index contributed by atoms with van der Waals surface area (Å²) in [6.07, 6.45) is 3.35. The van der Waals surface area contributed by atoms with Crippen molar-refractivity contribution in [2.75, 3.05) is 6.54 Å². The van der Waals surface area contributed by atoms with Crippen LogP contribution >= 0.6 is 0 Å². The van der Waals surface area contributed by atoms with Gasteiger partial charge in [-0.15, -0.1) is 0 Å². The standard InChI is InChI=1S/C11H13N3O2.H2/c1-8-11(16)14(7-10(15)13-8)6-9-2-4-12-5-3-9;/h2-5,8H,6-7H2,1H3,(H,13,15);1H. The highest BCUT2D eigenvalue weighted by atomic mass is 16.2. The lowest BCUT2D eigenvalue weighted by molar-refractivity contribution is -0.144. The van der Waals surface area contributed by atoms with Gasteiger partial charge in [0.2, 0.25) is 11.8 Å². The van der Waals surface area contributed by atoms with E-state index in [0.717, 1.165) is 5.56 Å². The minimum Gasteiger partial charge on any atom is -0.343 e. The van der Waals surface area contributed by atoms with Gasteiger partial charge in [-0.2, -0.15) is 0 Å². The van der Waals surface area contributed by atoms with Gasteiger partial charge in [0.1, 0.15) is 6.04 Å². The summed E-state index contributed by atoms with van der Waals surface area (Å²) in [6.45, 7) is 2.28. The molecule has 0 bridgehead atoms. The number of hydrogen-bond acceptors (Lipinski definition) is 3. The minimum atomic E-state index is -0.428. The maximum Gasteiger partial charge on any atom is 0.245 e. The lowest BCUT2D eigenvalue weighted by atomic mass is 10.2. The summed E-state index contributed by atoms with van der Waals surface area (Å²) in [5.74, 6) is -0.155. The van der Waals surface area contributed by atoms with Gasteiger partial charge in [0, 0.05) is 20.4 Å². The molecule has 1 N–H and O–H groups in total. The van der Waals surface area contributed by atoms with Gasteiger partial charge in [-0.25, -0.2) is 0 Å². The van der Waals surface area contributed by atoms with Crippen LogP contribution in [0, 0.1) is 0 Å². The summed E-state index contributed by atoms with van der Waals surface area (Å²) >= 11 is 0. The van der Waals surface area contributed by atoms with E-state index in [2.05, 4.69) is 10.3 Å². The molecule has 1 aromatic heterocycles. The van der Waals surface area contributed by atoms with Crippen molar-refractivity contribution >= 4 is 11.8 Å². The fourth-order valence-electron chi connectivity index (χ4n) is 1.72. The van der Waals surface area contributed by atoms with Crippen molar-refractivity contribution in [3.63, 3.8) is 0 Å². The molecule has 1 unspecified atom stereocenters. The van der Waals surface area contributed by atoms with Crippen LogP contribution in [0.5, 0.6) is 0 Å². The lowest BCUT2D eigenvalue weighted by Crippen LogP contribution is -2.56. The summed E-state index contributed by atoms with van der Waals surface area (Å²) < 4.78 is 0. The maximum absolute atomic E-state index is 11.8. The van der Waals surface area contributed by atoms with Crippen molar-refractivity contribution in [1.29, 1.82) is 0 Å². The molecule has 0 radical (unpaired) electrons. The molecule has 1 aromatic rings. The Kier molecular flexibility index (Phi) is 2.85. The Morgan fingerprint density at radius 2 is 2.19 bits per heavy atom. The normalized spacial score (nSPS) is 20.8. The third-order valence-corrected chi connectivity index (χ3v) is 2.52. The Hall–Kier alpha value is -1.91. The molecule has 0 saturated carbocycles. The summed E-state index contributed by atoms with van der Waals surface area (Å²) in [5.41, 5.74) is 0.977. The molecule has 2 amide bonds. The van der Waals surface area contributed by atoms with Gasteiger partial charge in [0.05, 0.1) is 6.54 Å². The van der Waals surface area contributed by atoms with Gasteiger partial charge in [-0.1, -0.05) is 0 Å². The molecule has 1 aliphatic heterocycles. The van der Waals surface area contributed by atoms with Gasteiger partial charge in [0.25, 0.3) is 0 Å². The molecule has 86 valence electrons. The maximum atomic E-state index is 11.8. The lowest BCUT2D eigenvalue weighted by Gasteiger charge is -2.30. The third-order valence-electron chi connectivity index (χ3n) is 2.52. The zero-order chi connectivity index (χ0) is 11.5. The van der Waals surface area contributed by atoms with Crippen LogP contribution in [0.2, 0.25) is 0 Å². The first kappa shape index (κ1) is 10.6. The average Bonchev–Trinajstić information content (AvgIpc) is 2.27. The highest BCUT2D eigenvalue weighted by molar-refractivity contribution is 5.94. The fourth-order valence-corrected chi connectivity index (χ4v) is 1.72. The Balaban J connectivity index is 0.00000144. The fraction of sp³-hybridized carbons (Fsp3) is 0.364. The third kappa shape index (κ3) is 2.18. The Morgan fingerprint density at radius 1 is 1.50 bits per heavy atom. The van der Waals surface area contributed by atoms with Crippen molar-refractivity contribution in [1.82, 2.24) is 15.2 Å². The number of carbonyl (C=O) groups excluding carboxylic acids is 2. The van der Waals surface area contributed by atoms with Gasteiger partial charge in [-0.05, 0) is 24.6 Å². The molecular formula is C11H15N3O2. The van der Waals surface area contributed by atoms with E-state index < -0.39 is 6.04 Å².